The van der Waals surface area contributed by atoms with E-state index in [4.69, 9.17) is 0 Å². The molecule has 0 bridgehead atoms. The van der Waals surface area contributed by atoms with E-state index < -0.39 is 21.6 Å². The van der Waals surface area contributed by atoms with Crippen molar-refractivity contribution in [1.82, 2.24) is 10.2 Å². The fraction of sp³-hybridized carbons (Fsp3) is 1.00. The molecule has 0 spiro atoms. The lowest BCUT2D eigenvalue weighted by Crippen LogP contribution is -2.40. The molecule has 0 aliphatic carbocycles. The largest absolute Gasteiger partial charge is 0.312 e. The molecule has 1 N–H and O–H groups in total. The van der Waals surface area contributed by atoms with Gasteiger partial charge < -0.3 is 5.32 Å². The minimum atomic E-state index is -0.771. The van der Waals surface area contributed by atoms with E-state index in [2.05, 4.69) is 24.1 Å². The van der Waals surface area contributed by atoms with Gasteiger partial charge in [-0.15, -0.1) is 0 Å². The van der Waals surface area contributed by atoms with Crippen LogP contribution in [0.25, 0.3) is 0 Å². The van der Waals surface area contributed by atoms with E-state index in [0.717, 1.165) is 26.1 Å². The molecule has 0 radical (unpaired) electrons. The Morgan fingerprint density at radius 1 is 1.18 bits per heavy atom. The number of likely N-dealkylation sites (N-methyl/N-ethyl adjacent to an activating group) is 1. The normalized spacial score (nSPS) is 17.0. The molecule has 0 aliphatic rings. The summed E-state index contributed by atoms with van der Waals surface area (Å²) < 4.78 is 22.3. The van der Waals surface area contributed by atoms with Crippen molar-refractivity contribution in [3.05, 3.63) is 0 Å². The molecule has 0 amide bonds. The SMILES string of the molecule is CCC(CS(C)=O)NCCN(CC)CS(C)=O. The standard InChI is InChI=1S/C11H26N2O2S2/c1-5-11(9-16(3)14)12-7-8-13(6-2)10-17(4)15/h11-12H,5-10H2,1-4H3. The van der Waals surface area contributed by atoms with Crippen LogP contribution in [0.4, 0.5) is 0 Å². The smallest absolute Gasteiger partial charge is 0.0745 e. The molecule has 6 heteroatoms. The van der Waals surface area contributed by atoms with E-state index in [-0.39, 0.29) is 0 Å². The maximum atomic E-state index is 11.1. The second-order valence-corrected chi connectivity index (χ2v) is 7.10. The van der Waals surface area contributed by atoms with E-state index in [1.165, 1.54) is 0 Å². The predicted octanol–water partition coefficient (Wildman–Crippen LogP) is 0.391. The van der Waals surface area contributed by atoms with E-state index in [0.29, 0.717) is 17.7 Å². The quantitative estimate of drug-likeness (QED) is 0.630. The van der Waals surface area contributed by atoms with E-state index >= 15 is 0 Å². The zero-order valence-electron chi connectivity index (χ0n) is 11.4. The molecule has 3 atom stereocenters. The fourth-order valence-corrected chi connectivity index (χ4v) is 3.35. The number of nitrogens with zero attached hydrogens (tertiary/aromatic N) is 1. The Morgan fingerprint density at radius 2 is 1.82 bits per heavy atom. The van der Waals surface area contributed by atoms with Gasteiger partial charge in [0.15, 0.2) is 0 Å². The van der Waals surface area contributed by atoms with Crippen molar-refractivity contribution >= 4 is 21.6 Å². The predicted molar refractivity (Wildman–Crippen MR) is 77.2 cm³/mol. The fourth-order valence-electron chi connectivity index (χ4n) is 1.60. The second kappa shape index (κ2) is 10.2. The Morgan fingerprint density at radius 3 is 2.24 bits per heavy atom. The summed E-state index contributed by atoms with van der Waals surface area (Å²) in [6, 6.07) is 0.326. The highest BCUT2D eigenvalue weighted by molar-refractivity contribution is 7.84. The molecule has 0 saturated heterocycles. The number of hydrogen-bond donors (Lipinski definition) is 1. The summed E-state index contributed by atoms with van der Waals surface area (Å²) in [4.78, 5) is 2.17. The number of rotatable bonds is 10. The minimum absolute atomic E-state index is 0.326. The van der Waals surface area contributed by atoms with Crippen molar-refractivity contribution in [2.45, 2.75) is 26.3 Å². The molecule has 0 aromatic carbocycles. The lowest BCUT2D eigenvalue weighted by molar-refractivity contribution is 0.325. The number of hydrogen-bond acceptors (Lipinski definition) is 4. The van der Waals surface area contributed by atoms with Gasteiger partial charge >= 0.3 is 0 Å². The van der Waals surface area contributed by atoms with Gasteiger partial charge in [0.25, 0.3) is 0 Å². The van der Waals surface area contributed by atoms with Gasteiger partial charge in [-0.05, 0) is 13.0 Å². The molecule has 0 aromatic rings. The van der Waals surface area contributed by atoms with Crippen LogP contribution in [0.2, 0.25) is 0 Å². The summed E-state index contributed by atoms with van der Waals surface area (Å²) in [6.45, 7) is 6.84. The summed E-state index contributed by atoms with van der Waals surface area (Å²) >= 11 is 0. The van der Waals surface area contributed by atoms with Gasteiger partial charge in [0.05, 0.1) is 5.88 Å². The molecule has 17 heavy (non-hydrogen) atoms. The van der Waals surface area contributed by atoms with Gasteiger partial charge in [-0.1, -0.05) is 13.8 Å². The Labute approximate surface area is 110 Å². The number of nitrogens with one attached hydrogen (secondary N) is 1. The maximum Gasteiger partial charge on any atom is 0.0745 e. The lowest BCUT2D eigenvalue weighted by atomic mass is 10.2. The summed E-state index contributed by atoms with van der Waals surface area (Å²) in [7, 11) is -1.52. The molecular weight excluding hydrogens is 256 g/mol. The zero-order chi connectivity index (χ0) is 13.3. The van der Waals surface area contributed by atoms with Gasteiger partial charge in [0.1, 0.15) is 0 Å². The summed E-state index contributed by atoms with van der Waals surface area (Å²) in [5, 5.41) is 3.41. The van der Waals surface area contributed by atoms with Gasteiger partial charge in [0.2, 0.25) is 0 Å². The lowest BCUT2D eigenvalue weighted by Gasteiger charge is -2.21. The van der Waals surface area contributed by atoms with Crippen LogP contribution in [0.1, 0.15) is 20.3 Å². The monoisotopic (exact) mass is 282 g/mol. The molecule has 0 aromatic heterocycles. The van der Waals surface area contributed by atoms with Crippen LogP contribution < -0.4 is 5.32 Å². The van der Waals surface area contributed by atoms with Crippen LogP contribution in [0.15, 0.2) is 0 Å². The van der Waals surface area contributed by atoms with Gasteiger partial charge in [-0.2, -0.15) is 0 Å². The van der Waals surface area contributed by atoms with Gasteiger partial charge in [-0.3, -0.25) is 13.3 Å². The third-order valence-electron chi connectivity index (χ3n) is 2.60. The Kier molecular flexibility index (Phi) is 10.3. The molecule has 0 heterocycles. The average Bonchev–Trinajstić information content (AvgIpc) is 2.25. The molecule has 3 unspecified atom stereocenters. The van der Waals surface area contributed by atoms with Crippen LogP contribution in [-0.4, -0.2) is 63.1 Å². The molecule has 0 saturated carbocycles. The van der Waals surface area contributed by atoms with Crippen LogP contribution >= 0.6 is 0 Å². The summed E-state index contributed by atoms with van der Waals surface area (Å²) in [5.74, 6) is 1.34. The Bertz CT molecular complexity index is 226. The van der Waals surface area contributed by atoms with Crippen molar-refractivity contribution in [2.75, 3.05) is 43.8 Å². The molecule has 104 valence electrons. The zero-order valence-corrected chi connectivity index (χ0v) is 13.0. The molecular formula is C11H26N2O2S2. The van der Waals surface area contributed by atoms with E-state index in [1.54, 1.807) is 12.5 Å². The topological polar surface area (TPSA) is 49.4 Å². The highest BCUT2D eigenvalue weighted by atomic mass is 32.2. The van der Waals surface area contributed by atoms with Crippen molar-refractivity contribution in [2.24, 2.45) is 0 Å². The van der Waals surface area contributed by atoms with Crippen LogP contribution in [0.3, 0.4) is 0 Å². The molecule has 4 nitrogen and oxygen atoms in total. The van der Waals surface area contributed by atoms with Crippen LogP contribution in [-0.2, 0) is 21.6 Å². The first-order chi connectivity index (χ1) is 7.99. The van der Waals surface area contributed by atoms with E-state index in [9.17, 15) is 8.42 Å². The van der Waals surface area contributed by atoms with Crippen molar-refractivity contribution in [3.63, 3.8) is 0 Å². The molecule has 0 aliphatic heterocycles. The van der Waals surface area contributed by atoms with Crippen LogP contribution in [0, 0.1) is 0 Å². The maximum absolute atomic E-state index is 11.1. The highest BCUT2D eigenvalue weighted by Crippen LogP contribution is 1.94. The molecule has 0 rings (SSSR count). The van der Waals surface area contributed by atoms with Crippen molar-refractivity contribution in [1.29, 1.82) is 0 Å². The Balaban J connectivity index is 3.84. The first kappa shape index (κ1) is 17.2. The van der Waals surface area contributed by atoms with Crippen molar-refractivity contribution < 1.29 is 8.42 Å². The first-order valence-corrected chi connectivity index (χ1v) is 9.50. The molecule has 0 fully saturated rings. The highest BCUT2D eigenvalue weighted by Gasteiger charge is 2.09. The minimum Gasteiger partial charge on any atom is -0.312 e. The average molecular weight is 282 g/mol. The Hall–Kier alpha value is 0.220. The van der Waals surface area contributed by atoms with Gasteiger partial charge in [-0.25, -0.2) is 0 Å². The summed E-state index contributed by atoms with van der Waals surface area (Å²) in [5.41, 5.74) is 0. The van der Waals surface area contributed by atoms with Gasteiger partial charge in [0, 0.05) is 59.0 Å². The van der Waals surface area contributed by atoms with Crippen LogP contribution in [0.5, 0.6) is 0 Å². The summed E-state index contributed by atoms with van der Waals surface area (Å²) in [6.07, 6.45) is 4.46. The van der Waals surface area contributed by atoms with Crippen molar-refractivity contribution in [3.8, 4) is 0 Å². The third-order valence-corrected chi connectivity index (χ3v) is 4.20. The third kappa shape index (κ3) is 9.88. The van der Waals surface area contributed by atoms with E-state index in [1.807, 2.05) is 0 Å². The first-order valence-electron chi connectivity index (χ1n) is 6.05. The second-order valence-electron chi connectivity index (χ2n) is 4.21.